The minimum Gasteiger partial charge on any atom is -0.399 e. The van der Waals surface area contributed by atoms with E-state index < -0.39 is 0 Å². The van der Waals surface area contributed by atoms with Crippen molar-refractivity contribution in [2.45, 2.75) is 0 Å². The second kappa shape index (κ2) is 9.47. The third kappa shape index (κ3) is 5.07. The molecule has 0 bridgehead atoms. The number of nitrogen functional groups attached to an aromatic ring is 3. The fourth-order valence-electron chi connectivity index (χ4n) is 3.70. The van der Waals surface area contributed by atoms with Gasteiger partial charge >= 0.3 is 0 Å². The molecule has 2 heterocycles. The van der Waals surface area contributed by atoms with E-state index in [0.29, 0.717) is 28.4 Å². The summed E-state index contributed by atoms with van der Waals surface area (Å²) in [4.78, 5) is 25.1. The van der Waals surface area contributed by atoms with E-state index in [9.17, 15) is 4.79 Å². The fourth-order valence-corrected chi connectivity index (χ4v) is 3.70. The van der Waals surface area contributed by atoms with Crippen LogP contribution in [0.4, 0.5) is 46.0 Å². The molecule has 0 saturated heterocycles. The molecule has 3 aromatic carbocycles. The molecule has 0 aliphatic carbocycles. The number of rotatable bonds is 6. The predicted octanol–water partition coefficient (Wildman–Crippen LogP) is 4.51. The number of hydrogen-bond acceptors (Lipinski definition) is 9. The molecule has 0 radical (unpaired) electrons. The molecule has 0 aliphatic rings. The van der Waals surface area contributed by atoms with Crippen LogP contribution in [0.3, 0.4) is 0 Å². The number of carbonyl (C=O) groups excluding carboxylic acids is 1. The van der Waals surface area contributed by atoms with Crippen molar-refractivity contribution < 1.29 is 4.79 Å². The summed E-state index contributed by atoms with van der Waals surface area (Å²) in [5, 5.41) is 10.3. The monoisotopic (exact) mass is 477 g/mol. The number of anilines is 8. The summed E-state index contributed by atoms with van der Waals surface area (Å²) in [5.41, 5.74) is 22.3. The van der Waals surface area contributed by atoms with E-state index in [1.165, 1.54) is 0 Å². The lowest BCUT2D eigenvalue weighted by Gasteiger charge is -2.12. The Kier molecular flexibility index (Phi) is 5.90. The Morgan fingerprint density at radius 2 is 1.56 bits per heavy atom. The van der Waals surface area contributed by atoms with Crippen LogP contribution >= 0.6 is 0 Å². The molecule has 0 spiro atoms. The third-order valence-electron chi connectivity index (χ3n) is 5.35. The van der Waals surface area contributed by atoms with Gasteiger partial charge in [0.05, 0.1) is 5.52 Å². The average molecular weight is 478 g/mol. The van der Waals surface area contributed by atoms with Crippen molar-refractivity contribution in [1.29, 1.82) is 0 Å². The molecule has 0 fully saturated rings. The van der Waals surface area contributed by atoms with Crippen LogP contribution < -0.4 is 33.2 Å². The van der Waals surface area contributed by atoms with E-state index in [-0.39, 0.29) is 17.7 Å². The summed E-state index contributed by atoms with van der Waals surface area (Å²) >= 11 is 0. The molecule has 0 atom stereocenters. The van der Waals surface area contributed by atoms with Gasteiger partial charge in [0.25, 0.3) is 5.91 Å². The van der Waals surface area contributed by atoms with Gasteiger partial charge in [-0.25, -0.2) is 0 Å². The fraction of sp³-hybridized carbons (Fsp3) is 0. The maximum absolute atomic E-state index is 12.8. The van der Waals surface area contributed by atoms with E-state index in [1.54, 1.807) is 30.5 Å². The molecule has 0 unspecified atom stereocenters. The summed E-state index contributed by atoms with van der Waals surface area (Å²) in [6.07, 6.45) is 1.74. The number of hydrogen-bond donors (Lipinski definition) is 6. The first kappa shape index (κ1) is 22.4. The minimum atomic E-state index is -0.253. The highest BCUT2D eigenvalue weighted by Crippen LogP contribution is 2.27. The highest BCUT2D eigenvalue weighted by Gasteiger charge is 2.09. The van der Waals surface area contributed by atoms with Gasteiger partial charge < -0.3 is 33.2 Å². The molecule has 9 N–H and O–H groups in total. The highest BCUT2D eigenvalue weighted by atomic mass is 16.1. The van der Waals surface area contributed by atoms with Gasteiger partial charge in [-0.1, -0.05) is 6.07 Å². The van der Waals surface area contributed by atoms with E-state index in [0.717, 1.165) is 22.3 Å². The Morgan fingerprint density at radius 3 is 2.36 bits per heavy atom. The van der Waals surface area contributed by atoms with Crippen LogP contribution in [0.5, 0.6) is 0 Å². The van der Waals surface area contributed by atoms with Gasteiger partial charge in [-0.3, -0.25) is 9.78 Å². The first-order valence-electron chi connectivity index (χ1n) is 11.0. The Bertz CT molecular complexity index is 1550. The highest BCUT2D eigenvalue weighted by molar-refractivity contribution is 6.05. The molecule has 0 saturated carbocycles. The zero-order valence-corrected chi connectivity index (χ0v) is 19.1. The van der Waals surface area contributed by atoms with Crippen LogP contribution in [0.2, 0.25) is 0 Å². The Balaban J connectivity index is 1.27. The Morgan fingerprint density at radius 1 is 0.750 bits per heavy atom. The summed E-state index contributed by atoms with van der Waals surface area (Å²) in [6, 6.07) is 23.5. The molecule has 5 aromatic rings. The number of aromatic nitrogens is 3. The SMILES string of the molecule is Nc1ccc2nccc(Nc3ccc(NC(=O)c4cccc(Nc5cc(N)nc(N)n5)c4)cc3)c2c1. The largest absolute Gasteiger partial charge is 0.399 e. The molecular formula is C26H23N9O. The summed E-state index contributed by atoms with van der Waals surface area (Å²) < 4.78 is 0. The van der Waals surface area contributed by atoms with Gasteiger partial charge in [-0.2, -0.15) is 9.97 Å². The number of amides is 1. The molecule has 36 heavy (non-hydrogen) atoms. The lowest BCUT2D eigenvalue weighted by atomic mass is 10.1. The van der Waals surface area contributed by atoms with Crippen molar-refractivity contribution in [3.63, 3.8) is 0 Å². The summed E-state index contributed by atoms with van der Waals surface area (Å²) in [6.45, 7) is 0. The molecule has 5 rings (SSSR count). The Hall–Kier alpha value is -5.38. The third-order valence-corrected chi connectivity index (χ3v) is 5.35. The molecule has 10 heteroatoms. The maximum atomic E-state index is 12.8. The zero-order chi connectivity index (χ0) is 25.1. The number of nitrogens with zero attached hydrogens (tertiary/aromatic N) is 3. The lowest BCUT2D eigenvalue weighted by molar-refractivity contribution is 0.102. The van der Waals surface area contributed by atoms with Crippen LogP contribution in [-0.4, -0.2) is 20.9 Å². The summed E-state index contributed by atoms with van der Waals surface area (Å²) in [7, 11) is 0. The van der Waals surface area contributed by atoms with Gasteiger partial charge in [0.15, 0.2) is 0 Å². The minimum absolute atomic E-state index is 0.0607. The number of pyridine rings is 1. The van der Waals surface area contributed by atoms with Crippen molar-refractivity contribution >= 4 is 62.8 Å². The van der Waals surface area contributed by atoms with E-state index in [1.807, 2.05) is 54.6 Å². The first-order valence-corrected chi connectivity index (χ1v) is 11.0. The van der Waals surface area contributed by atoms with Crippen molar-refractivity contribution in [3.05, 3.63) is 90.6 Å². The van der Waals surface area contributed by atoms with Crippen LogP contribution in [0.15, 0.2) is 85.1 Å². The van der Waals surface area contributed by atoms with Crippen LogP contribution in [0.25, 0.3) is 10.9 Å². The molecule has 10 nitrogen and oxygen atoms in total. The Labute approximate surface area is 206 Å². The number of nitrogens with two attached hydrogens (primary N) is 3. The quantitative estimate of drug-likeness (QED) is 0.193. The molecule has 0 aliphatic heterocycles. The van der Waals surface area contributed by atoms with Crippen molar-refractivity contribution in [1.82, 2.24) is 15.0 Å². The van der Waals surface area contributed by atoms with E-state index >= 15 is 0 Å². The number of benzene rings is 3. The normalized spacial score (nSPS) is 10.7. The number of fused-ring (bicyclic) bond motifs is 1. The van der Waals surface area contributed by atoms with Gasteiger partial charge in [0.2, 0.25) is 5.95 Å². The maximum Gasteiger partial charge on any atom is 0.255 e. The van der Waals surface area contributed by atoms with Crippen molar-refractivity contribution in [2.24, 2.45) is 0 Å². The van der Waals surface area contributed by atoms with Gasteiger partial charge in [0, 0.05) is 51.6 Å². The van der Waals surface area contributed by atoms with Gasteiger partial charge in [0.1, 0.15) is 11.6 Å². The second-order valence-electron chi connectivity index (χ2n) is 8.03. The van der Waals surface area contributed by atoms with Gasteiger partial charge in [-0.15, -0.1) is 0 Å². The first-order chi connectivity index (χ1) is 17.4. The smallest absolute Gasteiger partial charge is 0.255 e. The van der Waals surface area contributed by atoms with Gasteiger partial charge in [-0.05, 0) is 66.7 Å². The molecule has 178 valence electrons. The lowest BCUT2D eigenvalue weighted by Crippen LogP contribution is -2.12. The number of nitrogens with one attached hydrogen (secondary N) is 3. The summed E-state index contributed by atoms with van der Waals surface area (Å²) in [5.74, 6) is 0.491. The second-order valence-corrected chi connectivity index (χ2v) is 8.03. The van der Waals surface area contributed by atoms with Crippen LogP contribution in [-0.2, 0) is 0 Å². The van der Waals surface area contributed by atoms with Crippen molar-refractivity contribution in [2.75, 3.05) is 33.2 Å². The molecular weight excluding hydrogens is 454 g/mol. The topological polar surface area (TPSA) is 170 Å². The van der Waals surface area contributed by atoms with Crippen LogP contribution in [0.1, 0.15) is 10.4 Å². The average Bonchev–Trinajstić information content (AvgIpc) is 2.85. The van der Waals surface area contributed by atoms with E-state index in [4.69, 9.17) is 17.2 Å². The van der Waals surface area contributed by atoms with E-state index in [2.05, 4.69) is 30.9 Å². The molecule has 2 aromatic heterocycles. The van der Waals surface area contributed by atoms with Crippen molar-refractivity contribution in [3.8, 4) is 0 Å². The predicted molar refractivity (Wildman–Crippen MR) is 144 cm³/mol. The standard InChI is InChI=1S/C26H23N9O/c27-16-4-9-21-20(13-16)22(10-11-30-21)31-17-5-7-18(8-6-17)33-25(36)15-2-1-3-19(12-15)32-24-14-23(28)34-26(29)35-24/h1-14H,27H2,(H,30,31)(H,33,36)(H5,28,29,32,34,35). The van der Waals surface area contributed by atoms with Crippen LogP contribution in [0, 0.1) is 0 Å². The zero-order valence-electron chi connectivity index (χ0n) is 19.1. The number of carbonyl (C=O) groups is 1. The molecule has 1 amide bonds.